The Bertz CT molecular complexity index is 942. The molecule has 0 radical (unpaired) electrons. The van der Waals surface area contributed by atoms with Crippen LogP contribution in [0, 0.1) is 0 Å². The maximum Gasteiger partial charge on any atom is 0.331 e. The molecule has 0 saturated heterocycles. The predicted octanol–water partition coefficient (Wildman–Crippen LogP) is 3.66. The van der Waals surface area contributed by atoms with Gasteiger partial charge in [-0.2, -0.15) is 0 Å². The van der Waals surface area contributed by atoms with Crippen LogP contribution in [-0.4, -0.2) is 30.4 Å². The standard InChI is InChI=1S/C21H19ClN2O4/c1-14-12-19(25)23-17-8-4-5-9-18(17)24(14)20(26)13-28-21(27)11-10-15-6-2-3-7-16(15)22/h2-11,14H,12-13H2,1H3,(H,23,25)/b11-10+/t14-/m1/s1. The van der Waals surface area contributed by atoms with Crippen molar-refractivity contribution in [2.45, 2.75) is 19.4 Å². The topological polar surface area (TPSA) is 75.7 Å². The molecule has 1 heterocycles. The van der Waals surface area contributed by atoms with Gasteiger partial charge in [0, 0.05) is 23.6 Å². The van der Waals surface area contributed by atoms with Crippen LogP contribution in [0.25, 0.3) is 6.08 Å². The van der Waals surface area contributed by atoms with Crippen LogP contribution in [0.1, 0.15) is 18.9 Å². The maximum absolute atomic E-state index is 12.7. The number of nitrogens with one attached hydrogen (secondary N) is 1. The fourth-order valence-corrected chi connectivity index (χ4v) is 3.19. The van der Waals surface area contributed by atoms with Crippen molar-refractivity contribution in [1.82, 2.24) is 0 Å². The summed E-state index contributed by atoms with van der Waals surface area (Å²) >= 11 is 6.03. The molecule has 0 fully saturated rings. The van der Waals surface area contributed by atoms with Crippen molar-refractivity contribution in [2.24, 2.45) is 0 Å². The first-order valence-electron chi connectivity index (χ1n) is 8.76. The zero-order chi connectivity index (χ0) is 20.1. The van der Waals surface area contributed by atoms with Crippen molar-refractivity contribution in [2.75, 3.05) is 16.8 Å². The lowest BCUT2D eigenvalue weighted by Gasteiger charge is -2.27. The Kier molecular flexibility index (Phi) is 6.11. The molecule has 3 rings (SSSR count). The molecule has 0 bridgehead atoms. The van der Waals surface area contributed by atoms with Crippen LogP contribution < -0.4 is 10.2 Å². The van der Waals surface area contributed by atoms with E-state index in [2.05, 4.69) is 5.32 Å². The number of esters is 1. The largest absolute Gasteiger partial charge is 0.452 e. The van der Waals surface area contributed by atoms with Crippen LogP contribution in [0.15, 0.2) is 54.6 Å². The summed E-state index contributed by atoms with van der Waals surface area (Å²) in [4.78, 5) is 38.2. The van der Waals surface area contributed by atoms with E-state index in [-0.39, 0.29) is 18.4 Å². The van der Waals surface area contributed by atoms with Gasteiger partial charge in [-0.05, 0) is 36.8 Å². The van der Waals surface area contributed by atoms with E-state index >= 15 is 0 Å². The van der Waals surface area contributed by atoms with E-state index in [0.717, 1.165) is 0 Å². The lowest BCUT2D eigenvalue weighted by Crippen LogP contribution is -2.41. The first-order chi connectivity index (χ1) is 13.5. The number of para-hydroxylation sites is 2. The molecular weight excluding hydrogens is 380 g/mol. The van der Waals surface area contributed by atoms with Crippen LogP contribution in [0.3, 0.4) is 0 Å². The second-order valence-electron chi connectivity index (χ2n) is 6.34. The molecule has 1 N–H and O–H groups in total. The summed E-state index contributed by atoms with van der Waals surface area (Å²) in [6, 6.07) is 13.7. The average molecular weight is 399 g/mol. The monoisotopic (exact) mass is 398 g/mol. The lowest BCUT2D eigenvalue weighted by molar-refractivity contribution is -0.143. The first kappa shape index (κ1) is 19.6. The number of fused-ring (bicyclic) bond motifs is 1. The average Bonchev–Trinajstić information content (AvgIpc) is 2.79. The van der Waals surface area contributed by atoms with Crippen LogP contribution >= 0.6 is 11.6 Å². The number of halogens is 1. The second kappa shape index (κ2) is 8.71. The van der Waals surface area contributed by atoms with Crippen LogP contribution in [0.4, 0.5) is 11.4 Å². The van der Waals surface area contributed by atoms with E-state index in [9.17, 15) is 14.4 Å². The number of ether oxygens (including phenoxy) is 1. The molecule has 0 saturated carbocycles. The molecule has 2 aromatic carbocycles. The minimum Gasteiger partial charge on any atom is -0.452 e. The molecule has 2 aromatic rings. The summed E-state index contributed by atoms with van der Waals surface area (Å²) in [6.45, 7) is 1.34. The van der Waals surface area contributed by atoms with Gasteiger partial charge in [-0.3, -0.25) is 9.59 Å². The van der Waals surface area contributed by atoms with Crippen molar-refractivity contribution in [3.63, 3.8) is 0 Å². The number of carbonyl (C=O) groups is 3. The summed E-state index contributed by atoms with van der Waals surface area (Å²) in [5.41, 5.74) is 1.80. The Balaban J connectivity index is 1.68. The van der Waals surface area contributed by atoms with Gasteiger partial charge in [0.15, 0.2) is 6.61 Å². The van der Waals surface area contributed by atoms with Crippen molar-refractivity contribution in [3.05, 3.63) is 65.2 Å². The van der Waals surface area contributed by atoms with E-state index in [0.29, 0.717) is 22.0 Å². The van der Waals surface area contributed by atoms with Gasteiger partial charge in [-0.25, -0.2) is 4.79 Å². The SMILES string of the molecule is C[C@@H]1CC(=O)Nc2ccccc2N1C(=O)COC(=O)/C=C/c1ccccc1Cl. The number of hydrogen-bond acceptors (Lipinski definition) is 4. The Labute approximate surface area is 167 Å². The zero-order valence-corrected chi connectivity index (χ0v) is 16.0. The Morgan fingerprint density at radius 1 is 1.21 bits per heavy atom. The summed E-state index contributed by atoms with van der Waals surface area (Å²) in [5, 5.41) is 3.29. The van der Waals surface area contributed by atoms with Gasteiger partial charge in [0.2, 0.25) is 5.91 Å². The molecule has 1 aliphatic heterocycles. The number of carbonyl (C=O) groups excluding carboxylic acids is 3. The highest BCUT2D eigenvalue weighted by Gasteiger charge is 2.29. The van der Waals surface area contributed by atoms with Gasteiger partial charge in [0.1, 0.15) is 0 Å². The number of nitrogens with zero attached hydrogens (tertiary/aromatic N) is 1. The van der Waals surface area contributed by atoms with E-state index in [1.54, 1.807) is 55.5 Å². The second-order valence-corrected chi connectivity index (χ2v) is 6.75. The molecule has 7 heteroatoms. The van der Waals surface area contributed by atoms with Gasteiger partial charge in [0.05, 0.1) is 11.4 Å². The molecule has 2 amide bonds. The highest BCUT2D eigenvalue weighted by atomic mass is 35.5. The van der Waals surface area contributed by atoms with Crippen molar-refractivity contribution in [1.29, 1.82) is 0 Å². The predicted molar refractivity (Wildman–Crippen MR) is 108 cm³/mol. The smallest absolute Gasteiger partial charge is 0.331 e. The first-order valence-corrected chi connectivity index (χ1v) is 9.14. The normalized spacial score (nSPS) is 16.3. The highest BCUT2D eigenvalue weighted by molar-refractivity contribution is 6.32. The Hall–Kier alpha value is -3.12. The highest BCUT2D eigenvalue weighted by Crippen LogP contribution is 2.31. The quantitative estimate of drug-likeness (QED) is 0.630. The molecule has 28 heavy (non-hydrogen) atoms. The van der Waals surface area contributed by atoms with Gasteiger partial charge in [-0.1, -0.05) is 41.9 Å². The summed E-state index contributed by atoms with van der Waals surface area (Å²) in [7, 11) is 0. The molecule has 0 aliphatic carbocycles. The summed E-state index contributed by atoms with van der Waals surface area (Å²) in [6.07, 6.45) is 2.90. The van der Waals surface area contributed by atoms with Crippen LogP contribution in [0.5, 0.6) is 0 Å². The fraction of sp³-hybridized carbons (Fsp3) is 0.190. The molecular formula is C21H19ClN2O4. The van der Waals surface area contributed by atoms with E-state index < -0.39 is 18.5 Å². The maximum atomic E-state index is 12.7. The van der Waals surface area contributed by atoms with E-state index in [1.165, 1.54) is 17.1 Å². The van der Waals surface area contributed by atoms with E-state index in [4.69, 9.17) is 16.3 Å². The van der Waals surface area contributed by atoms with Crippen molar-refractivity contribution >= 4 is 46.8 Å². The van der Waals surface area contributed by atoms with Gasteiger partial charge in [0.25, 0.3) is 5.91 Å². The molecule has 0 aromatic heterocycles. The Morgan fingerprint density at radius 2 is 1.93 bits per heavy atom. The molecule has 1 atom stereocenters. The summed E-state index contributed by atoms with van der Waals surface area (Å²) < 4.78 is 5.08. The molecule has 0 spiro atoms. The number of amides is 2. The number of rotatable bonds is 4. The van der Waals surface area contributed by atoms with Crippen LogP contribution in [-0.2, 0) is 19.1 Å². The van der Waals surface area contributed by atoms with E-state index in [1.807, 2.05) is 0 Å². The summed E-state index contributed by atoms with van der Waals surface area (Å²) in [5.74, 6) is -1.23. The molecule has 1 aliphatic rings. The third-order valence-corrected chi connectivity index (χ3v) is 4.61. The third-order valence-electron chi connectivity index (χ3n) is 4.27. The van der Waals surface area contributed by atoms with Crippen LogP contribution in [0.2, 0.25) is 5.02 Å². The fourth-order valence-electron chi connectivity index (χ4n) is 2.99. The van der Waals surface area contributed by atoms with Gasteiger partial charge < -0.3 is 15.0 Å². The van der Waals surface area contributed by atoms with Crippen molar-refractivity contribution in [3.8, 4) is 0 Å². The number of hydrogen-bond donors (Lipinski definition) is 1. The molecule has 144 valence electrons. The van der Waals surface area contributed by atoms with Gasteiger partial charge >= 0.3 is 5.97 Å². The number of anilines is 2. The lowest BCUT2D eigenvalue weighted by atomic mass is 10.1. The molecule has 6 nitrogen and oxygen atoms in total. The third kappa shape index (κ3) is 4.58. The zero-order valence-electron chi connectivity index (χ0n) is 15.2. The molecule has 0 unspecified atom stereocenters. The number of benzene rings is 2. The van der Waals surface area contributed by atoms with Gasteiger partial charge in [-0.15, -0.1) is 0 Å². The van der Waals surface area contributed by atoms with Crippen molar-refractivity contribution < 1.29 is 19.1 Å². The minimum absolute atomic E-state index is 0.154. The Morgan fingerprint density at radius 3 is 2.71 bits per heavy atom. The minimum atomic E-state index is -0.654.